The number of aromatic nitrogens is 2. The molecule has 2 rings (SSSR count). The molecular weight excluding hydrogens is 234 g/mol. The van der Waals surface area contributed by atoms with E-state index in [1.54, 1.807) is 0 Å². The van der Waals surface area contributed by atoms with Crippen LogP contribution in [0.1, 0.15) is 29.7 Å². The second-order valence-electron chi connectivity index (χ2n) is 4.68. The van der Waals surface area contributed by atoms with Gasteiger partial charge in [0, 0.05) is 18.7 Å². The molecule has 0 aliphatic heterocycles. The van der Waals surface area contributed by atoms with Crippen LogP contribution < -0.4 is 5.32 Å². The van der Waals surface area contributed by atoms with Crippen molar-refractivity contribution in [3.8, 4) is 0 Å². The molecule has 1 aromatic heterocycles. The number of aryl methyl sites for hydroxylation is 3. The molecule has 3 nitrogen and oxygen atoms in total. The standard InChI is InChI=1S/C16H21N3/c1-3-17-12-15-11-13(2)18-16(19-15)10-9-14-7-5-4-6-8-14/h4-8,11,17H,3,9-10,12H2,1-2H3. The summed E-state index contributed by atoms with van der Waals surface area (Å²) in [7, 11) is 0. The molecule has 0 aliphatic rings. The molecule has 0 radical (unpaired) electrons. The average Bonchev–Trinajstić information content (AvgIpc) is 2.43. The molecule has 0 amide bonds. The summed E-state index contributed by atoms with van der Waals surface area (Å²) in [6.45, 7) is 5.91. The van der Waals surface area contributed by atoms with Crippen LogP contribution in [0.4, 0.5) is 0 Å². The zero-order chi connectivity index (χ0) is 13.5. The Morgan fingerprint density at radius 2 is 1.84 bits per heavy atom. The Morgan fingerprint density at radius 1 is 1.05 bits per heavy atom. The molecule has 0 saturated carbocycles. The number of nitrogens with zero attached hydrogens (tertiary/aromatic N) is 2. The first kappa shape index (κ1) is 13.7. The molecule has 19 heavy (non-hydrogen) atoms. The van der Waals surface area contributed by atoms with Gasteiger partial charge in [0.1, 0.15) is 5.82 Å². The van der Waals surface area contributed by atoms with E-state index in [9.17, 15) is 0 Å². The SMILES string of the molecule is CCNCc1cc(C)nc(CCc2ccccc2)n1. The van der Waals surface area contributed by atoms with Crippen LogP contribution in [0.2, 0.25) is 0 Å². The lowest BCUT2D eigenvalue weighted by Crippen LogP contribution is -2.14. The molecule has 1 aromatic carbocycles. The molecule has 0 saturated heterocycles. The number of nitrogens with one attached hydrogen (secondary N) is 1. The molecule has 100 valence electrons. The van der Waals surface area contributed by atoms with Gasteiger partial charge in [-0.1, -0.05) is 37.3 Å². The Labute approximate surface area is 115 Å². The topological polar surface area (TPSA) is 37.8 Å². The third-order valence-corrected chi connectivity index (χ3v) is 2.99. The first-order chi connectivity index (χ1) is 9.28. The van der Waals surface area contributed by atoms with Crippen molar-refractivity contribution >= 4 is 0 Å². The molecule has 0 spiro atoms. The van der Waals surface area contributed by atoms with Gasteiger partial charge in [-0.25, -0.2) is 9.97 Å². The van der Waals surface area contributed by atoms with E-state index in [1.165, 1.54) is 5.56 Å². The van der Waals surface area contributed by atoms with Gasteiger partial charge in [0.05, 0.1) is 5.69 Å². The van der Waals surface area contributed by atoms with Gasteiger partial charge in [-0.2, -0.15) is 0 Å². The van der Waals surface area contributed by atoms with Crippen molar-refractivity contribution in [3.05, 3.63) is 59.2 Å². The van der Waals surface area contributed by atoms with Gasteiger partial charge in [0.25, 0.3) is 0 Å². The van der Waals surface area contributed by atoms with Crippen molar-refractivity contribution in [1.82, 2.24) is 15.3 Å². The number of benzene rings is 1. The van der Waals surface area contributed by atoms with E-state index in [1.807, 2.05) is 13.0 Å². The highest BCUT2D eigenvalue weighted by Crippen LogP contribution is 2.06. The van der Waals surface area contributed by atoms with Crippen molar-refractivity contribution in [2.45, 2.75) is 33.2 Å². The summed E-state index contributed by atoms with van der Waals surface area (Å²) in [5, 5.41) is 3.30. The third-order valence-electron chi connectivity index (χ3n) is 2.99. The van der Waals surface area contributed by atoms with Gasteiger partial charge in [-0.3, -0.25) is 0 Å². The van der Waals surface area contributed by atoms with Gasteiger partial charge in [0.15, 0.2) is 0 Å². The van der Waals surface area contributed by atoms with E-state index in [4.69, 9.17) is 0 Å². The summed E-state index contributed by atoms with van der Waals surface area (Å²) in [4.78, 5) is 9.13. The van der Waals surface area contributed by atoms with Crippen LogP contribution in [-0.4, -0.2) is 16.5 Å². The highest BCUT2D eigenvalue weighted by molar-refractivity contribution is 5.16. The summed E-state index contributed by atoms with van der Waals surface area (Å²) in [5.41, 5.74) is 3.46. The maximum absolute atomic E-state index is 4.61. The molecule has 1 N–H and O–H groups in total. The molecule has 1 heterocycles. The smallest absolute Gasteiger partial charge is 0.129 e. The van der Waals surface area contributed by atoms with Crippen molar-refractivity contribution < 1.29 is 0 Å². The van der Waals surface area contributed by atoms with E-state index in [0.717, 1.165) is 43.1 Å². The fourth-order valence-electron chi connectivity index (χ4n) is 2.06. The van der Waals surface area contributed by atoms with Crippen molar-refractivity contribution in [3.63, 3.8) is 0 Å². The van der Waals surface area contributed by atoms with E-state index in [2.05, 4.69) is 52.5 Å². The Balaban J connectivity index is 2.01. The first-order valence-electron chi connectivity index (χ1n) is 6.86. The normalized spacial score (nSPS) is 10.6. The summed E-state index contributed by atoms with van der Waals surface area (Å²) in [6, 6.07) is 12.5. The Kier molecular flexibility index (Phi) is 5.04. The summed E-state index contributed by atoms with van der Waals surface area (Å²) in [5.74, 6) is 0.941. The van der Waals surface area contributed by atoms with Crippen molar-refractivity contribution in [2.24, 2.45) is 0 Å². The van der Waals surface area contributed by atoms with Gasteiger partial charge in [-0.15, -0.1) is 0 Å². The minimum Gasteiger partial charge on any atom is -0.311 e. The maximum Gasteiger partial charge on any atom is 0.129 e. The lowest BCUT2D eigenvalue weighted by Gasteiger charge is -2.06. The zero-order valence-corrected chi connectivity index (χ0v) is 11.7. The van der Waals surface area contributed by atoms with E-state index < -0.39 is 0 Å². The van der Waals surface area contributed by atoms with Crippen LogP contribution in [0, 0.1) is 6.92 Å². The van der Waals surface area contributed by atoms with E-state index in [0.29, 0.717) is 0 Å². The summed E-state index contributed by atoms with van der Waals surface area (Å²) >= 11 is 0. The average molecular weight is 255 g/mol. The molecule has 0 bridgehead atoms. The van der Waals surface area contributed by atoms with Crippen LogP contribution in [0.25, 0.3) is 0 Å². The Morgan fingerprint density at radius 3 is 2.58 bits per heavy atom. The molecule has 0 aliphatic carbocycles. The predicted octanol–water partition coefficient (Wildman–Crippen LogP) is 2.68. The number of rotatable bonds is 6. The largest absolute Gasteiger partial charge is 0.311 e. The van der Waals surface area contributed by atoms with Crippen LogP contribution in [0.5, 0.6) is 0 Å². The fraction of sp³-hybridized carbons (Fsp3) is 0.375. The maximum atomic E-state index is 4.61. The highest BCUT2D eigenvalue weighted by Gasteiger charge is 2.03. The van der Waals surface area contributed by atoms with Crippen LogP contribution in [0.3, 0.4) is 0 Å². The third kappa shape index (κ3) is 4.45. The van der Waals surface area contributed by atoms with Crippen LogP contribution in [-0.2, 0) is 19.4 Å². The molecule has 0 atom stereocenters. The molecule has 0 unspecified atom stereocenters. The number of hydrogen-bond donors (Lipinski definition) is 1. The van der Waals surface area contributed by atoms with Crippen molar-refractivity contribution in [2.75, 3.05) is 6.54 Å². The zero-order valence-electron chi connectivity index (χ0n) is 11.7. The Bertz CT molecular complexity index is 509. The second kappa shape index (κ2) is 7.00. The lowest BCUT2D eigenvalue weighted by molar-refractivity contribution is 0.696. The fourth-order valence-corrected chi connectivity index (χ4v) is 2.06. The van der Waals surface area contributed by atoms with Crippen LogP contribution >= 0.6 is 0 Å². The summed E-state index contributed by atoms with van der Waals surface area (Å²) in [6.07, 6.45) is 1.88. The van der Waals surface area contributed by atoms with Gasteiger partial charge < -0.3 is 5.32 Å². The second-order valence-corrected chi connectivity index (χ2v) is 4.68. The number of hydrogen-bond acceptors (Lipinski definition) is 3. The summed E-state index contributed by atoms with van der Waals surface area (Å²) < 4.78 is 0. The van der Waals surface area contributed by atoms with Gasteiger partial charge in [-0.05, 0) is 31.5 Å². The van der Waals surface area contributed by atoms with Gasteiger partial charge in [0.2, 0.25) is 0 Å². The lowest BCUT2D eigenvalue weighted by atomic mass is 10.1. The minimum atomic E-state index is 0.818. The van der Waals surface area contributed by atoms with Crippen LogP contribution in [0.15, 0.2) is 36.4 Å². The predicted molar refractivity (Wildman–Crippen MR) is 78.0 cm³/mol. The Hall–Kier alpha value is -1.74. The first-order valence-corrected chi connectivity index (χ1v) is 6.86. The molecule has 2 aromatic rings. The highest BCUT2D eigenvalue weighted by atomic mass is 14.9. The minimum absolute atomic E-state index is 0.818. The van der Waals surface area contributed by atoms with Crippen molar-refractivity contribution in [1.29, 1.82) is 0 Å². The molecule has 0 fully saturated rings. The quantitative estimate of drug-likeness (QED) is 0.862. The van der Waals surface area contributed by atoms with Gasteiger partial charge >= 0.3 is 0 Å². The van der Waals surface area contributed by atoms with E-state index >= 15 is 0 Å². The van der Waals surface area contributed by atoms with E-state index in [-0.39, 0.29) is 0 Å². The molecular formula is C16H21N3. The monoisotopic (exact) mass is 255 g/mol. The molecule has 3 heteroatoms.